The van der Waals surface area contributed by atoms with E-state index < -0.39 is 0 Å². The zero-order valence-electron chi connectivity index (χ0n) is 5.35. The first-order valence-corrected chi connectivity index (χ1v) is 3.34. The lowest BCUT2D eigenvalue weighted by Gasteiger charge is -2.11. The van der Waals surface area contributed by atoms with Gasteiger partial charge in [-0.25, -0.2) is 0 Å². The van der Waals surface area contributed by atoms with Crippen molar-refractivity contribution in [1.29, 1.82) is 0 Å². The molecule has 0 aromatic carbocycles. The molecular formula is C6H11NS. The van der Waals surface area contributed by atoms with Crippen LogP contribution < -0.4 is 0 Å². The lowest BCUT2D eigenvalue weighted by molar-refractivity contribution is 0.614. The van der Waals surface area contributed by atoms with Gasteiger partial charge in [0.1, 0.15) is 0 Å². The molecular weight excluding hydrogens is 118 g/mol. The molecule has 0 amide bonds. The summed E-state index contributed by atoms with van der Waals surface area (Å²) in [6.07, 6.45) is 2.63. The zero-order chi connectivity index (χ0) is 6.15. The van der Waals surface area contributed by atoms with Gasteiger partial charge in [-0.2, -0.15) is 0 Å². The first-order chi connectivity index (χ1) is 3.72. The second kappa shape index (κ2) is 2.02. The Labute approximate surface area is 55.7 Å². The molecule has 46 valence electrons. The Bertz CT molecular complexity index is 101. The van der Waals surface area contributed by atoms with Gasteiger partial charge in [0.05, 0.1) is 4.99 Å². The summed E-state index contributed by atoms with van der Waals surface area (Å²) in [5.74, 6) is 0.750. The summed E-state index contributed by atoms with van der Waals surface area (Å²) in [5.41, 5.74) is 0. The first-order valence-electron chi connectivity index (χ1n) is 2.93. The molecule has 0 spiro atoms. The van der Waals surface area contributed by atoms with E-state index in [0.29, 0.717) is 0 Å². The van der Waals surface area contributed by atoms with Gasteiger partial charge in [0.2, 0.25) is 0 Å². The van der Waals surface area contributed by atoms with Crippen LogP contribution in [0.3, 0.4) is 0 Å². The van der Waals surface area contributed by atoms with Gasteiger partial charge in [-0.3, -0.25) is 0 Å². The minimum absolute atomic E-state index is 0.750. The number of rotatable bonds is 1. The van der Waals surface area contributed by atoms with Gasteiger partial charge in [0.15, 0.2) is 0 Å². The SMILES string of the molecule is CN(C)C(=S)C1CC1. The molecule has 0 aromatic heterocycles. The average Bonchev–Trinajstić information content (AvgIpc) is 2.43. The summed E-state index contributed by atoms with van der Waals surface area (Å²) in [4.78, 5) is 3.16. The largest absolute Gasteiger partial charge is 0.372 e. The van der Waals surface area contributed by atoms with Crippen LogP contribution in [-0.2, 0) is 0 Å². The maximum Gasteiger partial charge on any atom is 0.0805 e. The number of hydrogen-bond acceptors (Lipinski definition) is 1. The van der Waals surface area contributed by atoms with Gasteiger partial charge < -0.3 is 4.90 Å². The maximum absolute atomic E-state index is 5.09. The predicted octanol–water partition coefficient (Wildman–Crippen LogP) is 1.29. The molecule has 1 aliphatic carbocycles. The van der Waals surface area contributed by atoms with Crippen molar-refractivity contribution in [2.75, 3.05) is 14.1 Å². The Kier molecular flexibility index (Phi) is 1.52. The van der Waals surface area contributed by atoms with E-state index in [9.17, 15) is 0 Å². The Morgan fingerprint density at radius 2 is 2.00 bits per heavy atom. The van der Waals surface area contributed by atoms with Crippen LogP contribution in [0.4, 0.5) is 0 Å². The molecule has 8 heavy (non-hydrogen) atoms. The predicted molar refractivity (Wildman–Crippen MR) is 39.0 cm³/mol. The van der Waals surface area contributed by atoms with Gasteiger partial charge in [-0.05, 0) is 12.8 Å². The summed E-state index contributed by atoms with van der Waals surface area (Å²) in [7, 11) is 4.03. The van der Waals surface area contributed by atoms with Gasteiger partial charge in [0.25, 0.3) is 0 Å². The van der Waals surface area contributed by atoms with Crippen molar-refractivity contribution >= 4 is 17.2 Å². The second-order valence-corrected chi connectivity index (χ2v) is 2.93. The Morgan fingerprint density at radius 1 is 1.50 bits per heavy atom. The number of thiocarbonyl (C=S) groups is 1. The van der Waals surface area contributed by atoms with Gasteiger partial charge in [-0.15, -0.1) is 0 Å². The molecule has 1 fully saturated rings. The monoisotopic (exact) mass is 129 g/mol. The molecule has 1 aliphatic rings. The highest BCUT2D eigenvalue weighted by molar-refractivity contribution is 7.80. The summed E-state index contributed by atoms with van der Waals surface area (Å²) in [6.45, 7) is 0. The standard InChI is InChI=1S/C6H11NS/c1-7(2)6(8)5-3-4-5/h5H,3-4H2,1-2H3. The molecule has 1 rings (SSSR count). The fraction of sp³-hybridized carbons (Fsp3) is 0.833. The van der Waals surface area contributed by atoms with Crippen molar-refractivity contribution in [3.05, 3.63) is 0 Å². The van der Waals surface area contributed by atoms with Crippen molar-refractivity contribution in [1.82, 2.24) is 4.90 Å². The average molecular weight is 129 g/mol. The normalized spacial score (nSPS) is 18.2. The second-order valence-electron chi connectivity index (χ2n) is 2.51. The van der Waals surface area contributed by atoms with Crippen LogP contribution >= 0.6 is 12.2 Å². The molecule has 0 N–H and O–H groups in total. The molecule has 1 nitrogen and oxygen atoms in total. The van der Waals surface area contributed by atoms with Crippen LogP contribution in [0.15, 0.2) is 0 Å². The molecule has 0 unspecified atom stereocenters. The van der Waals surface area contributed by atoms with Crippen molar-refractivity contribution in [3.63, 3.8) is 0 Å². The van der Waals surface area contributed by atoms with E-state index >= 15 is 0 Å². The molecule has 0 saturated heterocycles. The van der Waals surface area contributed by atoms with E-state index in [1.165, 1.54) is 12.8 Å². The third-order valence-corrected chi connectivity index (χ3v) is 2.07. The van der Waals surface area contributed by atoms with Crippen LogP contribution in [0, 0.1) is 5.92 Å². The fourth-order valence-corrected chi connectivity index (χ4v) is 0.931. The summed E-state index contributed by atoms with van der Waals surface area (Å²) in [5, 5.41) is 0. The van der Waals surface area contributed by atoms with E-state index in [0.717, 1.165) is 10.9 Å². The molecule has 2 heteroatoms. The summed E-state index contributed by atoms with van der Waals surface area (Å²) >= 11 is 5.09. The van der Waals surface area contributed by atoms with E-state index in [-0.39, 0.29) is 0 Å². The maximum atomic E-state index is 5.09. The van der Waals surface area contributed by atoms with E-state index in [4.69, 9.17) is 12.2 Å². The van der Waals surface area contributed by atoms with Crippen LogP contribution in [0.25, 0.3) is 0 Å². The number of nitrogens with zero attached hydrogens (tertiary/aromatic N) is 1. The Balaban J connectivity index is 2.33. The van der Waals surface area contributed by atoms with E-state index in [2.05, 4.69) is 0 Å². The van der Waals surface area contributed by atoms with Crippen molar-refractivity contribution < 1.29 is 0 Å². The smallest absolute Gasteiger partial charge is 0.0805 e. The molecule has 1 saturated carbocycles. The highest BCUT2D eigenvalue weighted by atomic mass is 32.1. The fourth-order valence-electron chi connectivity index (χ4n) is 0.695. The summed E-state index contributed by atoms with van der Waals surface area (Å²) < 4.78 is 0. The molecule has 0 atom stereocenters. The van der Waals surface area contributed by atoms with Gasteiger partial charge in [-0.1, -0.05) is 12.2 Å². The van der Waals surface area contributed by atoms with Crippen LogP contribution in [0.5, 0.6) is 0 Å². The van der Waals surface area contributed by atoms with E-state index in [1.54, 1.807) is 0 Å². The van der Waals surface area contributed by atoms with Crippen LogP contribution in [0.2, 0.25) is 0 Å². The lowest BCUT2D eigenvalue weighted by Crippen LogP contribution is -2.20. The minimum atomic E-state index is 0.750. The van der Waals surface area contributed by atoms with Crippen molar-refractivity contribution in [3.8, 4) is 0 Å². The van der Waals surface area contributed by atoms with E-state index in [1.807, 2.05) is 19.0 Å². The molecule has 0 heterocycles. The minimum Gasteiger partial charge on any atom is -0.372 e. The van der Waals surface area contributed by atoms with Gasteiger partial charge >= 0.3 is 0 Å². The third kappa shape index (κ3) is 1.19. The molecule has 0 aliphatic heterocycles. The first kappa shape index (κ1) is 6.02. The third-order valence-electron chi connectivity index (χ3n) is 1.37. The quantitative estimate of drug-likeness (QED) is 0.491. The summed E-state index contributed by atoms with van der Waals surface area (Å²) in [6, 6.07) is 0. The topological polar surface area (TPSA) is 3.24 Å². The Morgan fingerprint density at radius 3 is 2.12 bits per heavy atom. The van der Waals surface area contributed by atoms with Crippen LogP contribution in [-0.4, -0.2) is 24.0 Å². The molecule has 0 radical (unpaired) electrons. The molecule has 0 aromatic rings. The number of hydrogen-bond donors (Lipinski definition) is 0. The van der Waals surface area contributed by atoms with Crippen molar-refractivity contribution in [2.24, 2.45) is 5.92 Å². The zero-order valence-corrected chi connectivity index (χ0v) is 6.16. The Hall–Kier alpha value is -0.110. The molecule has 0 bridgehead atoms. The lowest BCUT2D eigenvalue weighted by atomic mass is 10.4. The highest BCUT2D eigenvalue weighted by Gasteiger charge is 2.26. The van der Waals surface area contributed by atoms with Crippen LogP contribution in [0.1, 0.15) is 12.8 Å². The van der Waals surface area contributed by atoms with Gasteiger partial charge in [0, 0.05) is 20.0 Å². The highest BCUT2D eigenvalue weighted by Crippen LogP contribution is 2.31. The van der Waals surface area contributed by atoms with Crippen molar-refractivity contribution in [2.45, 2.75) is 12.8 Å².